The molecule has 4 atom stereocenters. The lowest BCUT2D eigenvalue weighted by atomic mass is 9.88. The molecule has 1 aliphatic carbocycles. The molecule has 192 valence electrons. The maximum Gasteiger partial charge on any atom is 0.340 e. The number of halogens is 3. The summed E-state index contributed by atoms with van der Waals surface area (Å²) < 4.78 is 68.3. The van der Waals surface area contributed by atoms with Gasteiger partial charge in [0.25, 0.3) is 5.92 Å². The van der Waals surface area contributed by atoms with Gasteiger partial charge < -0.3 is 30.1 Å². The molecule has 0 bridgehead atoms. The van der Waals surface area contributed by atoms with Crippen molar-refractivity contribution in [2.45, 2.75) is 49.3 Å². The molecule has 0 spiro atoms. The summed E-state index contributed by atoms with van der Waals surface area (Å²) in [6.45, 7) is 0. The molecule has 0 unspecified atom stereocenters. The average Bonchev–Trinajstić information content (AvgIpc) is 3.20. The molecule has 4 rings (SSSR count). The van der Waals surface area contributed by atoms with Crippen LogP contribution in [-0.4, -0.2) is 84.7 Å². The summed E-state index contributed by atoms with van der Waals surface area (Å²) in [5, 5.41) is 37.0. The van der Waals surface area contributed by atoms with Gasteiger partial charge in [-0.2, -0.15) is 10.4 Å². The highest BCUT2D eigenvalue weighted by Crippen LogP contribution is 2.42. The Morgan fingerprint density at radius 2 is 2.00 bits per heavy atom. The number of pyridine rings is 1. The summed E-state index contributed by atoms with van der Waals surface area (Å²) >= 11 is 6.12. The highest BCUT2D eigenvalue weighted by molar-refractivity contribution is 7.97. The van der Waals surface area contributed by atoms with Gasteiger partial charge in [-0.1, -0.05) is 11.6 Å². The smallest absolute Gasteiger partial charge is 0.340 e. The van der Waals surface area contributed by atoms with E-state index in [1.807, 2.05) is 6.07 Å². The van der Waals surface area contributed by atoms with Crippen LogP contribution in [0.5, 0.6) is 0 Å². The zero-order valence-electron chi connectivity index (χ0n) is 17.5. The van der Waals surface area contributed by atoms with Crippen LogP contribution >= 0.6 is 19.2 Å². The number of anilines is 1. The van der Waals surface area contributed by atoms with E-state index in [1.54, 1.807) is 0 Å². The topological polar surface area (TPSA) is 208 Å². The third-order valence-electron chi connectivity index (χ3n) is 5.61. The second kappa shape index (κ2) is 8.86. The predicted octanol–water partition coefficient (Wildman–Crippen LogP) is 0.335. The Bertz CT molecular complexity index is 1350. The van der Waals surface area contributed by atoms with Crippen LogP contribution in [-0.2, 0) is 19.1 Å². The van der Waals surface area contributed by atoms with E-state index < -0.39 is 78.0 Å². The normalized spacial score (nSPS) is 27.0. The van der Waals surface area contributed by atoms with E-state index in [4.69, 9.17) is 26.1 Å². The minimum atomic E-state index is -4.92. The molecular formula is C17H19ClF2N5O8PS. The number of hydrogen-bond acceptors (Lipinski definition) is 10. The Balaban J connectivity index is 1.65. The van der Waals surface area contributed by atoms with E-state index in [1.165, 1.54) is 6.20 Å². The summed E-state index contributed by atoms with van der Waals surface area (Å²) in [4.78, 5) is 22.0. The van der Waals surface area contributed by atoms with Crippen LogP contribution in [0.1, 0.15) is 24.6 Å². The van der Waals surface area contributed by atoms with Crippen LogP contribution in [0.15, 0.2) is 6.20 Å². The minimum absolute atomic E-state index is 0.0578. The van der Waals surface area contributed by atoms with Crippen LogP contribution < -0.4 is 5.32 Å². The Labute approximate surface area is 201 Å². The van der Waals surface area contributed by atoms with E-state index in [2.05, 4.69) is 15.4 Å². The first-order chi connectivity index (χ1) is 16.1. The quantitative estimate of drug-likeness (QED) is 0.230. The Morgan fingerprint density at radius 3 is 2.57 bits per heavy atom. The Hall–Kier alpha value is -1.96. The van der Waals surface area contributed by atoms with E-state index in [9.17, 15) is 37.2 Å². The number of nitrogens with zero attached hydrogens (tertiary/aromatic N) is 4. The van der Waals surface area contributed by atoms with Gasteiger partial charge in [0.05, 0.1) is 23.0 Å². The Morgan fingerprint density at radius 1 is 1.34 bits per heavy atom. The molecule has 2 fully saturated rings. The van der Waals surface area contributed by atoms with Crippen LogP contribution in [0, 0.1) is 11.3 Å². The lowest BCUT2D eigenvalue weighted by Gasteiger charge is -2.36. The molecular weight excluding hydrogens is 539 g/mol. The van der Waals surface area contributed by atoms with Crippen molar-refractivity contribution in [1.82, 2.24) is 14.8 Å². The third kappa shape index (κ3) is 5.27. The fraction of sp³-hybridized carbons (Fsp3) is 0.588. The minimum Gasteiger partial charge on any atom is -0.387 e. The highest BCUT2D eigenvalue weighted by Gasteiger charge is 2.48. The third-order valence-corrected chi connectivity index (χ3v) is 9.64. The molecule has 0 aromatic carbocycles. The van der Waals surface area contributed by atoms with Gasteiger partial charge in [0.2, 0.25) is 0 Å². The largest absolute Gasteiger partial charge is 0.387 e. The first kappa shape index (κ1) is 26.1. The zero-order chi connectivity index (χ0) is 25.9. The van der Waals surface area contributed by atoms with E-state index >= 15 is 0 Å². The van der Waals surface area contributed by atoms with Gasteiger partial charge >= 0.3 is 7.60 Å². The number of nitrogens with one attached hydrogen (secondary N) is 1. The lowest BCUT2D eigenvalue weighted by Crippen LogP contribution is -2.44. The van der Waals surface area contributed by atoms with Crippen molar-refractivity contribution >= 4 is 45.8 Å². The molecule has 0 amide bonds. The highest BCUT2D eigenvalue weighted by atomic mass is 35.5. The number of aliphatic hydroxyl groups excluding tert-OH is 2. The summed E-state index contributed by atoms with van der Waals surface area (Å²) in [5.74, 6) is -3.83. The zero-order valence-corrected chi connectivity index (χ0v) is 20.0. The van der Waals surface area contributed by atoms with Crippen molar-refractivity contribution in [3.63, 3.8) is 0 Å². The van der Waals surface area contributed by atoms with Crippen molar-refractivity contribution in [3.05, 3.63) is 16.9 Å². The monoisotopic (exact) mass is 557 g/mol. The van der Waals surface area contributed by atoms with Crippen molar-refractivity contribution < 1.29 is 46.5 Å². The van der Waals surface area contributed by atoms with Crippen LogP contribution in [0.25, 0.3) is 11.0 Å². The number of alkyl halides is 2. The van der Waals surface area contributed by atoms with Crippen LogP contribution in [0.2, 0.25) is 5.15 Å². The molecule has 18 heteroatoms. The number of fused-ring (bicyclic) bond motifs is 1. The number of aromatic nitrogens is 3. The second-order valence-corrected chi connectivity index (χ2v) is 13.0. The van der Waals surface area contributed by atoms with Crippen LogP contribution in [0.3, 0.4) is 0 Å². The lowest BCUT2D eigenvalue weighted by molar-refractivity contribution is -0.0793. The fourth-order valence-corrected chi connectivity index (χ4v) is 7.53. The van der Waals surface area contributed by atoms with Gasteiger partial charge in [0.1, 0.15) is 29.9 Å². The molecule has 1 saturated heterocycles. The molecule has 1 saturated carbocycles. The van der Waals surface area contributed by atoms with Gasteiger partial charge in [-0.15, -0.1) is 0 Å². The second-order valence-electron chi connectivity index (χ2n) is 8.45. The summed E-state index contributed by atoms with van der Waals surface area (Å²) in [6.07, 6.45) is -6.27. The number of hydrogen-bond donors (Lipinski definition) is 5. The number of nitriles is 1. The van der Waals surface area contributed by atoms with Gasteiger partial charge in [-0.3, -0.25) is 4.57 Å². The number of sulfone groups is 1. The standard InChI is InChI=1S/C17H19ClF2N5O8PS/c18-14-8(3-21)11(23-7-1-17(19,20)2-7)9-4-22-25(15(9)24-14)16-13(27)12(26)10(33-16)5-35(31,32)6-34(28,29)30/h4,7,10,12-13,16,26-27H,1-2,5-6H2,(H,23,24)(H2,28,29,30)/t10-,12-,13-,16-/m1/s1. The van der Waals surface area contributed by atoms with Gasteiger partial charge in [-0.05, 0) is 0 Å². The maximum absolute atomic E-state index is 13.3. The van der Waals surface area contributed by atoms with Gasteiger partial charge in [-0.25, -0.2) is 26.9 Å². The molecule has 13 nitrogen and oxygen atoms in total. The predicted molar refractivity (Wildman–Crippen MR) is 115 cm³/mol. The van der Waals surface area contributed by atoms with Crippen molar-refractivity contribution in [1.29, 1.82) is 5.26 Å². The number of rotatable bonds is 7. The molecule has 3 heterocycles. The molecule has 2 aromatic rings. The SMILES string of the molecule is N#Cc1c(Cl)nc2c(cnn2[C@@H]2O[C@H](CS(=O)(=O)CP(=O)(O)O)[C@@H](O)[C@H]2O)c1NC1CC(F)(F)C1. The first-order valence-electron chi connectivity index (χ1n) is 9.98. The summed E-state index contributed by atoms with van der Waals surface area (Å²) in [7, 11) is -9.31. The average molecular weight is 558 g/mol. The molecule has 5 N–H and O–H groups in total. The number of ether oxygens (including phenoxy) is 1. The van der Waals surface area contributed by atoms with Crippen molar-refractivity contribution in [2.75, 3.05) is 16.6 Å². The first-order valence-corrected chi connectivity index (χ1v) is 14.0. The Kier molecular flexibility index (Phi) is 6.61. The molecule has 0 radical (unpaired) electrons. The van der Waals surface area contributed by atoms with E-state index in [0.29, 0.717) is 0 Å². The van der Waals surface area contributed by atoms with E-state index in [-0.39, 0.29) is 27.4 Å². The fourth-order valence-electron chi connectivity index (χ4n) is 4.06. The van der Waals surface area contributed by atoms with Crippen molar-refractivity contribution in [2.24, 2.45) is 0 Å². The van der Waals surface area contributed by atoms with Gasteiger partial charge in [0.15, 0.2) is 32.4 Å². The van der Waals surface area contributed by atoms with Gasteiger partial charge in [0, 0.05) is 18.9 Å². The number of aliphatic hydroxyl groups is 2. The van der Waals surface area contributed by atoms with Crippen molar-refractivity contribution in [3.8, 4) is 6.07 Å². The summed E-state index contributed by atoms with van der Waals surface area (Å²) in [6, 6.07) is 1.19. The van der Waals surface area contributed by atoms with E-state index in [0.717, 1.165) is 4.68 Å². The summed E-state index contributed by atoms with van der Waals surface area (Å²) in [5.41, 5.74) is -1.56. The molecule has 2 aromatic heterocycles. The van der Waals surface area contributed by atoms with Crippen LogP contribution in [0.4, 0.5) is 14.5 Å². The molecule has 2 aliphatic rings. The molecule has 1 aliphatic heterocycles. The maximum atomic E-state index is 13.3. The molecule has 35 heavy (non-hydrogen) atoms.